The van der Waals surface area contributed by atoms with Crippen molar-refractivity contribution in [1.29, 1.82) is 0 Å². The first-order valence-corrected chi connectivity index (χ1v) is 7.23. The molecule has 0 N–H and O–H groups in total. The minimum atomic E-state index is -0.759. The third-order valence-corrected chi connectivity index (χ3v) is 3.62. The van der Waals surface area contributed by atoms with Crippen LogP contribution in [0.15, 0.2) is 12.1 Å². The van der Waals surface area contributed by atoms with E-state index in [9.17, 15) is 13.6 Å². The van der Waals surface area contributed by atoms with E-state index < -0.39 is 11.6 Å². The van der Waals surface area contributed by atoms with Crippen molar-refractivity contribution in [3.63, 3.8) is 0 Å². The van der Waals surface area contributed by atoms with Gasteiger partial charge >= 0.3 is 0 Å². The molecule has 1 aromatic carbocycles. The number of alkyl halides is 1. The zero-order valence-electron chi connectivity index (χ0n) is 11.9. The second kappa shape index (κ2) is 6.39. The van der Waals surface area contributed by atoms with Crippen LogP contribution in [-0.4, -0.2) is 33.4 Å². The van der Waals surface area contributed by atoms with Crippen LogP contribution >= 0.6 is 11.6 Å². The van der Waals surface area contributed by atoms with Crippen LogP contribution in [0.2, 0.25) is 0 Å². The van der Waals surface area contributed by atoms with Gasteiger partial charge in [-0.15, -0.1) is 11.6 Å². The molecule has 0 fully saturated rings. The van der Waals surface area contributed by atoms with E-state index in [1.807, 2.05) is 13.8 Å². The number of aromatic nitrogens is 2. The molecule has 0 saturated heterocycles. The molecular formula is C14H16ClF2N3O. The highest BCUT2D eigenvalue weighted by Crippen LogP contribution is 2.22. The lowest BCUT2D eigenvalue weighted by Gasteiger charge is -2.19. The highest BCUT2D eigenvalue weighted by molar-refractivity contribution is 6.16. The number of nitrogens with zero attached hydrogens (tertiary/aromatic N) is 3. The smallest absolute Gasteiger partial charge is 0.242 e. The van der Waals surface area contributed by atoms with E-state index in [1.54, 1.807) is 4.90 Å². The van der Waals surface area contributed by atoms with Gasteiger partial charge in [-0.25, -0.2) is 13.8 Å². The maximum Gasteiger partial charge on any atom is 0.242 e. The van der Waals surface area contributed by atoms with Crippen molar-refractivity contribution in [2.45, 2.75) is 26.3 Å². The highest BCUT2D eigenvalue weighted by atomic mass is 35.5. The monoisotopic (exact) mass is 315 g/mol. The van der Waals surface area contributed by atoms with Crippen LogP contribution in [0.5, 0.6) is 0 Å². The summed E-state index contributed by atoms with van der Waals surface area (Å²) in [5.74, 6) is -1.25. The molecule has 0 aliphatic rings. The second-order valence-corrected chi connectivity index (χ2v) is 4.84. The summed E-state index contributed by atoms with van der Waals surface area (Å²) in [6, 6.07) is 1.93. The van der Waals surface area contributed by atoms with Gasteiger partial charge in [0.1, 0.15) is 23.7 Å². The number of benzene rings is 1. The van der Waals surface area contributed by atoms with E-state index in [2.05, 4.69) is 4.98 Å². The quantitative estimate of drug-likeness (QED) is 0.796. The summed E-state index contributed by atoms with van der Waals surface area (Å²) in [5.41, 5.74) is 0.267. The van der Waals surface area contributed by atoms with Crippen LogP contribution in [0, 0.1) is 11.6 Å². The number of hydrogen-bond donors (Lipinski definition) is 0. The molecule has 114 valence electrons. The fourth-order valence-electron chi connectivity index (χ4n) is 2.29. The van der Waals surface area contributed by atoms with Crippen LogP contribution in [0.3, 0.4) is 0 Å². The van der Waals surface area contributed by atoms with E-state index >= 15 is 0 Å². The molecule has 1 amide bonds. The molecular weight excluding hydrogens is 300 g/mol. The summed E-state index contributed by atoms with van der Waals surface area (Å²) in [4.78, 5) is 17.9. The SMILES string of the molecule is CCN(CC)C(=O)Cn1c(CCl)nc2c(F)cc(F)cc21. The van der Waals surface area contributed by atoms with E-state index in [0.29, 0.717) is 18.9 Å². The Morgan fingerprint density at radius 2 is 2.00 bits per heavy atom. The van der Waals surface area contributed by atoms with Gasteiger partial charge in [0.2, 0.25) is 5.91 Å². The number of carbonyl (C=O) groups excluding carboxylic acids is 1. The van der Waals surface area contributed by atoms with Gasteiger partial charge in [0.15, 0.2) is 5.82 Å². The molecule has 2 aromatic rings. The first-order valence-electron chi connectivity index (χ1n) is 6.69. The number of likely N-dealkylation sites (N-methyl/N-ethyl adjacent to an activating group) is 1. The fraction of sp³-hybridized carbons (Fsp3) is 0.429. The predicted molar refractivity (Wildman–Crippen MR) is 77.1 cm³/mol. The third-order valence-electron chi connectivity index (χ3n) is 3.38. The number of amides is 1. The highest BCUT2D eigenvalue weighted by Gasteiger charge is 2.18. The molecule has 0 spiro atoms. The number of rotatable bonds is 5. The average molecular weight is 316 g/mol. The van der Waals surface area contributed by atoms with Crippen molar-refractivity contribution >= 4 is 28.5 Å². The molecule has 0 aliphatic carbocycles. The van der Waals surface area contributed by atoms with Crippen molar-refractivity contribution in [2.24, 2.45) is 0 Å². The lowest BCUT2D eigenvalue weighted by molar-refractivity contribution is -0.131. The Hall–Kier alpha value is -1.69. The molecule has 2 rings (SSSR count). The van der Waals surface area contributed by atoms with Crippen LogP contribution in [0.1, 0.15) is 19.7 Å². The number of imidazole rings is 1. The molecule has 4 nitrogen and oxygen atoms in total. The molecule has 0 atom stereocenters. The zero-order valence-corrected chi connectivity index (χ0v) is 12.6. The lowest BCUT2D eigenvalue weighted by Crippen LogP contribution is -2.33. The van der Waals surface area contributed by atoms with Crippen molar-refractivity contribution in [3.8, 4) is 0 Å². The van der Waals surface area contributed by atoms with Gasteiger partial charge in [-0.2, -0.15) is 0 Å². The Kier molecular flexibility index (Phi) is 4.77. The molecule has 0 bridgehead atoms. The van der Waals surface area contributed by atoms with Crippen LogP contribution in [0.25, 0.3) is 11.0 Å². The first kappa shape index (κ1) is 15.7. The number of hydrogen-bond acceptors (Lipinski definition) is 2. The fourth-order valence-corrected chi connectivity index (χ4v) is 2.49. The normalized spacial score (nSPS) is 11.1. The van der Waals surface area contributed by atoms with Gasteiger partial charge in [-0.1, -0.05) is 0 Å². The van der Waals surface area contributed by atoms with Crippen molar-refractivity contribution in [2.75, 3.05) is 13.1 Å². The molecule has 1 aromatic heterocycles. The third kappa shape index (κ3) is 3.00. The molecule has 1 heterocycles. The minimum absolute atomic E-state index is 0.0151. The molecule has 0 aliphatic heterocycles. The van der Waals surface area contributed by atoms with Crippen molar-refractivity contribution < 1.29 is 13.6 Å². The summed E-state index contributed by atoms with van der Waals surface area (Å²) >= 11 is 5.80. The van der Waals surface area contributed by atoms with Gasteiger partial charge in [0.25, 0.3) is 0 Å². The molecule has 21 heavy (non-hydrogen) atoms. The summed E-state index contributed by atoms with van der Waals surface area (Å²) in [7, 11) is 0. The summed E-state index contributed by atoms with van der Waals surface area (Å²) in [5, 5.41) is 0. The standard InChI is InChI=1S/C14H16ClF2N3O/c1-3-19(4-2)13(21)8-20-11-6-9(16)5-10(17)14(11)18-12(20)7-15/h5-6H,3-4,7-8H2,1-2H3. The number of halogens is 3. The minimum Gasteiger partial charge on any atom is -0.342 e. The number of fused-ring (bicyclic) bond motifs is 1. The largest absolute Gasteiger partial charge is 0.342 e. The zero-order chi connectivity index (χ0) is 15.6. The van der Waals surface area contributed by atoms with Crippen LogP contribution < -0.4 is 0 Å². The summed E-state index contributed by atoms with van der Waals surface area (Å²) < 4.78 is 28.6. The van der Waals surface area contributed by atoms with E-state index in [-0.39, 0.29) is 29.4 Å². The van der Waals surface area contributed by atoms with Crippen molar-refractivity contribution in [1.82, 2.24) is 14.5 Å². The van der Waals surface area contributed by atoms with E-state index in [0.717, 1.165) is 12.1 Å². The van der Waals surface area contributed by atoms with E-state index in [4.69, 9.17) is 11.6 Å². The lowest BCUT2D eigenvalue weighted by atomic mass is 10.3. The van der Waals surface area contributed by atoms with E-state index in [1.165, 1.54) is 4.57 Å². The maximum atomic E-state index is 13.8. The summed E-state index contributed by atoms with van der Waals surface area (Å²) in [6.45, 7) is 4.84. The van der Waals surface area contributed by atoms with Gasteiger partial charge < -0.3 is 9.47 Å². The second-order valence-electron chi connectivity index (χ2n) is 4.57. The van der Waals surface area contributed by atoms with Crippen LogP contribution in [0.4, 0.5) is 8.78 Å². The molecule has 0 unspecified atom stereocenters. The average Bonchev–Trinajstić information content (AvgIpc) is 2.78. The Bertz CT molecular complexity index is 668. The van der Waals surface area contributed by atoms with Gasteiger partial charge in [-0.05, 0) is 19.9 Å². The molecule has 0 radical (unpaired) electrons. The molecule has 7 heteroatoms. The Balaban J connectivity index is 2.49. The van der Waals surface area contributed by atoms with Gasteiger partial charge in [-0.3, -0.25) is 4.79 Å². The van der Waals surface area contributed by atoms with Gasteiger partial charge in [0.05, 0.1) is 11.4 Å². The topological polar surface area (TPSA) is 38.1 Å². The maximum absolute atomic E-state index is 13.8. The summed E-state index contributed by atoms with van der Waals surface area (Å²) in [6.07, 6.45) is 0. The Labute approximate surface area is 126 Å². The van der Waals surface area contributed by atoms with Crippen LogP contribution in [-0.2, 0) is 17.2 Å². The molecule has 0 saturated carbocycles. The predicted octanol–water partition coefficient (Wildman–Crippen LogP) is 2.92. The Morgan fingerprint density at radius 1 is 1.33 bits per heavy atom. The number of carbonyl (C=O) groups is 1. The van der Waals surface area contributed by atoms with Gasteiger partial charge in [0, 0.05) is 19.2 Å². The van der Waals surface area contributed by atoms with Crippen molar-refractivity contribution in [3.05, 3.63) is 29.6 Å². The first-order chi connectivity index (χ1) is 10.0. The Morgan fingerprint density at radius 3 is 2.57 bits per heavy atom.